The summed E-state index contributed by atoms with van der Waals surface area (Å²) < 4.78 is 34.6. The van der Waals surface area contributed by atoms with Gasteiger partial charge in [0.2, 0.25) is 0 Å². The van der Waals surface area contributed by atoms with Crippen molar-refractivity contribution in [3.63, 3.8) is 0 Å². The van der Waals surface area contributed by atoms with Crippen molar-refractivity contribution in [3.8, 4) is 0 Å². The molecule has 0 aliphatic heterocycles. The molecule has 120 valence electrons. The summed E-state index contributed by atoms with van der Waals surface area (Å²) in [5.41, 5.74) is 0.678. The minimum atomic E-state index is -4.43. The first-order valence-electron chi connectivity index (χ1n) is 7.86. The Balaban J connectivity index is 0.00000264. The third-order valence-electron chi connectivity index (χ3n) is 3.98. The van der Waals surface area contributed by atoms with Crippen LogP contribution >= 0.6 is 0 Å². The van der Waals surface area contributed by atoms with Crippen molar-refractivity contribution in [3.05, 3.63) is 42.0 Å². The Kier molecular flexibility index (Phi) is 8.25. The molecule has 2 aromatic carbocycles. The Hall–Kier alpha value is -0.390. The maximum absolute atomic E-state index is 11.5. The van der Waals surface area contributed by atoms with E-state index < -0.39 is 10.1 Å². The van der Waals surface area contributed by atoms with E-state index in [2.05, 4.69) is 13.8 Å². The molecule has 0 saturated heterocycles. The van der Waals surface area contributed by atoms with E-state index in [4.69, 9.17) is 0 Å². The quantitative estimate of drug-likeness (QED) is 0.435. The van der Waals surface area contributed by atoms with Crippen LogP contribution in [0.2, 0.25) is 0 Å². The first-order chi connectivity index (χ1) is 10.4. The summed E-state index contributed by atoms with van der Waals surface area (Å²) in [6, 6.07) is 10.8. The summed E-state index contributed by atoms with van der Waals surface area (Å²) in [5, 5.41) is 1.86. The van der Waals surface area contributed by atoms with E-state index in [0.29, 0.717) is 17.9 Å². The summed E-state index contributed by atoms with van der Waals surface area (Å²) in [5.74, 6) is 0.690. The standard InChI is InChI=1S/C18H24O3S.Na/c1-14(2)8-4-3-5-11-17-16-10-7-6-9-15(16)12-13-18(17)22(19,20)21;/h6-7,9-10,12-14H,3-5,8,11H2,1-2H3,(H,19,20,21);/q;+1/p-1. The molecule has 0 unspecified atom stereocenters. The molecule has 0 amide bonds. The number of hydrogen-bond donors (Lipinski definition) is 0. The second kappa shape index (κ2) is 9.19. The summed E-state index contributed by atoms with van der Waals surface area (Å²) in [7, 11) is -4.43. The monoisotopic (exact) mass is 342 g/mol. The number of unbranched alkanes of at least 4 members (excludes halogenated alkanes) is 2. The van der Waals surface area contributed by atoms with Crippen LogP contribution in [0.5, 0.6) is 0 Å². The number of rotatable bonds is 7. The van der Waals surface area contributed by atoms with Gasteiger partial charge in [-0.05, 0) is 41.2 Å². The Labute approximate surface area is 161 Å². The average Bonchev–Trinajstić information content (AvgIpc) is 2.45. The SMILES string of the molecule is CC(C)CCCCCc1c(S(=O)(=O)[O-])ccc2ccccc12.[Na+]. The number of fused-ring (bicyclic) bond motifs is 1. The zero-order valence-corrected chi connectivity index (χ0v) is 17.0. The van der Waals surface area contributed by atoms with Crippen molar-refractivity contribution in [2.45, 2.75) is 50.8 Å². The van der Waals surface area contributed by atoms with Gasteiger partial charge < -0.3 is 4.55 Å². The van der Waals surface area contributed by atoms with Crippen molar-refractivity contribution < 1.29 is 42.5 Å². The predicted octanol–water partition coefficient (Wildman–Crippen LogP) is 1.51. The molecule has 2 rings (SSSR count). The summed E-state index contributed by atoms with van der Waals surface area (Å²) >= 11 is 0. The fraction of sp³-hybridized carbons (Fsp3) is 0.444. The van der Waals surface area contributed by atoms with Crippen LogP contribution in [0, 0.1) is 5.92 Å². The van der Waals surface area contributed by atoms with Crippen LogP contribution in [0.3, 0.4) is 0 Å². The first-order valence-corrected chi connectivity index (χ1v) is 9.27. The minimum absolute atomic E-state index is 0. The molecule has 0 bridgehead atoms. The second-order valence-electron chi connectivity index (χ2n) is 6.21. The fourth-order valence-electron chi connectivity index (χ4n) is 2.84. The molecule has 0 fully saturated rings. The van der Waals surface area contributed by atoms with Gasteiger partial charge in [-0.2, -0.15) is 0 Å². The van der Waals surface area contributed by atoms with Crippen LogP contribution in [0.4, 0.5) is 0 Å². The minimum Gasteiger partial charge on any atom is -0.744 e. The van der Waals surface area contributed by atoms with Crippen molar-refractivity contribution in [1.29, 1.82) is 0 Å². The molecule has 0 N–H and O–H groups in total. The van der Waals surface area contributed by atoms with Crippen molar-refractivity contribution >= 4 is 20.9 Å². The molecule has 3 nitrogen and oxygen atoms in total. The van der Waals surface area contributed by atoms with E-state index in [1.165, 1.54) is 12.5 Å². The van der Waals surface area contributed by atoms with Gasteiger partial charge in [0.05, 0.1) is 4.90 Å². The normalized spacial score (nSPS) is 11.7. The van der Waals surface area contributed by atoms with Crippen LogP contribution in [-0.2, 0) is 16.5 Å². The molecular weight excluding hydrogens is 319 g/mol. The van der Waals surface area contributed by atoms with Gasteiger partial charge in [-0.3, -0.25) is 0 Å². The Bertz CT molecular complexity index is 739. The van der Waals surface area contributed by atoms with Gasteiger partial charge >= 0.3 is 29.6 Å². The third-order valence-corrected chi connectivity index (χ3v) is 4.90. The third kappa shape index (κ3) is 5.87. The molecule has 0 atom stereocenters. The maximum Gasteiger partial charge on any atom is 1.00 e. The van der Waals surface area contributed by atoms with E-state index in [9.17, 15) is 13.0 Å². The van der Waals surface area contributed by atoms with Crippen LogP contribution in [0.1, 0.15) is 45.1 Å². The van der Waals surface area contributed by atoms with E-state index in [1.54, 1.807) is 6.07 Å². The smallest absolute Gasteiger partial charge is 0.744 e. The van der Waals surface area contributed by atoms with E-state index in [0.717, 1.165) is 30.0 Å². The molecule has 2 aromatic rings. The molecule has 0 saturated carbocycles. The van der Waals surface area contributed by atoms with Gasteiger partial charge in [-0.25, -0.2) is 8.42 Å². The Morgan fingerprint density at radius 3 is 2.35 bits per heavy atom. The molecule has 0 aromatic heterocycles. The predicted molar refractivity (Wildman–Crippen MR) is 88.9 cm³/mol. The van der Waals surface area contributed by atoms with Crippen LogP contribution < -0.4 is 29.6 Å². The van der Waals surface area contributed by atoms with Gasteiger partial charge in [0.15, 0.2) is 0 Å². The largest absolute Gasteiger partial charge is 1.00 e. The van der Waals surface area contributed by atoms with Gasteiger partial charge in [0.1, 0.15) is 10.1 Å². The molecule has 0 spiro atoms. The fourth-order valence-corrected chi connectivity index (χ4v) is 3.59. The first kappa shape index (κ1) is 20.7. The topological polar surface area (TPSA) is 57.2 Å². The van der Waals surface area contributed by atoms with Gasteiger partial charge in [0, 0.05) is 0 Å². The van der Waals surface area contributed by atoms with Crippen molar-refractivity contribution in [2.75, 3.05) is 0 Å². The van der Waals surface area contributed by atoms with Crippen LogP contribution in [0.25, 0.3) is 10.8 Å². The van der Waals surface area contributed by atoms with Crippen LogP contribution in [0.15, 0.2) is 41.3 Å². The van der Waals surface area contributed by atoms with E-state index >= 15 is 0 Å². The van der Waals surface area contributed by atoms with Crippen LogP contribution in [-0.4, -0.2) is 13.0 Å². The van der Waals surface area contributed by atoms with Gasteiger partial charge in [0.25, 0.3) is 0 Å². The molecule has 0 radical (unpaired) electrons. The summed E-state index contributed by atoms with van der Waals surface area (Å²) in [6.45, 7) is 4.40. The second-order valence-corrected chi connectivity index (χ2v) is 7.56. The summed E-state index contributed by atoms with van der Waals surface area (Å²) in [4.78, 5) is -0.0601. The molecule has 0 aliphatic rings. The molecule has 23 heavy (non-hydrogen) atoms. The summed E-state index contributed by atoms with van der Waals surface area (Å²) in [6.07, 6.45) is 4.92. The number of hydrogen-bond acceptors (Lipinski definition) is 3. The van der Waals surface area contributed by atoms with Gasteiger partial charge in [-0.1, -0.05) is 63.4 Å². The van der Waals surface area contributed by atoms with E-state index in [1.807, 2.05) is 24.3 Å². The average molecular weight is 342 g/mol. The Morgan fingerprint density at radius 1 is 1.00 bits per heavy atom. The molecule has 0 aliphatic carbocycles. The van der Waals surface area contributed by atoms with Crippen molar-refractivity contribution in [1.82, 2.24) is 0 Å². The molecule has 0 heterocycles. The van der Waals surface area contributed by atoms with Gasteiger partial charge in [-0.15, -0.1) is 0 Å². The number of benzene rings is 2. The van der Waals surface area contributed by atoms with Crippen molar-refractivity contribution in [2.24, 2.45) is 5.92 Å². The zero-order chi connectivity index (χ0) is 16.2. The van der Waals surface area contributed by atoms with E-state index in [-0.39, 0.29) is 34.5 Å². The maximum atomic E-state index is 11.5. The molecular formula is C18H23NaO3S. The number of aryl methyl sites for hydroxylation is 1. The zero-order valence-electron chi connectivity index (χ0n) is 14.2. The Morgan fingerprint density at radius 2 is 1.70 bits per heavy atom. The molecule has 5 heteroatoms.